The number of halogens is 2. The van der Waals surface area contributed by atoms with E-state index < -0.39 is 12.1 Å². The zero-order valence-electron chi connectivity index (χ0n) is 7.67. The minimum atomic E-state index is -0.626. The molecule has 0 aliphatic heterocycles. The summed E-state index contributed by atoms with van der Waals surface area (Å²) in [6, 6.07) is 3.19. The van der Waals surface area contributed by atoms with Crippen LogP contribution in [0.3, 0.4) is 0 Å². The number of aliphatic hydroxyl groups excluding tert-OH is 1. The van der Waals surface area contributed by atoms with E-state index in [-0.39, 0.29) is 0 Å². The van der Waals surface area contributed by atoms with E-state index in [2.05, 4.69) is 31.9 Å². The summed E-state index contributed by atoms with van der Waals surface area (Å²) >= 11 is 6.66. The van der Waals surface area contributed by atoms with Crippen LogP contribution < -0.4 is 11.5 Å². The zero-order valence-corrected chi connectivity index (χ0v) is 10.8. The average Bonchev–Trinajstić information content (AvgIpc) is 2.09. The van der Waals surface area contributed by atoms with Crippen molar-refractivity contribution in [3.05, 3.63) is 26.6 Å². The number of anilines is 1. The summed E-state index contributed by atoms with van der Waals surface area (Å²) in [5.74, 6) is 0. The maximum atomic E-state index is 9.37. The smallest absolute Gasteiger partial charge is 0.0705 e. The number of hydrogen-bond acceptors (Lipinski definition) is 3. The van der Waals surface area contributed by atoms with E-state index in [4.69, 9.17) is 11.5 Å². The topological polar surface area (TPSA) is 72.3 Å². The number of nitrogens with two attached hydrogens (primary N) is 2. The highest BCUT2D eigenvalue weighted by atomic mass is 79.9. The number of aliphatic hydroxyl groups is 1. The van der Waals surface area contributed by atoms with Gasteiger partial charge in [-0.15, -0.1) is 0 Å². The monoisotopic (exact) mass is 322 g/mol. The largest absolute Gasteiger partial charge is 0.398 e. The molecule has 0 fully saturated rings. The van der Waals surface area contributed by atoms with Crippen molar-refractivity contribution < 1.29 is 5.11 Å². The lowest BCUT2D eigenvalue weighted by Gasteiger charge is -2.18. The molecule has 0 aliphatic rings. The predicted molar refractivity (Wildman–Crippen MR) is 64.9 cm³/mol. The van der Waals surface area contributed by atoms with Crippen molar-refractivity contribution in [2.24, 2.45) is 5.73 Å². The number of hydrogen-bond donors (Lipinski definition) is 3. The van der Waals surface area contributed by atoms with Gasteiger partial charge in [0.2, 0.25) is 0 Å². The molecular weight excluding hydrogens is 312 g/mol. The third-order valence-corrected chi connectivity index (χ3v) is 3.12. The Morgan fingerprint density at radius 1 is 1.36 bits per heavy atom. The molecule has 5 heteroatoms. The Morgan fingerprint density at radius 2 is 1.93 bits per heavy atom. The van der Waals surface area contributed by atoms with Gasteiger partial charge in [0.05, 0.1) is 17.8 Å². The van der Waals surface area contributed by atoms with Gasteiger partial charge in [0.1, 0.15) is 0 Å². The van der Waals surface area contributed by atoms with Crippen LogP contribution in [-0.2, 0) is 0 Å². The average molecular weight is 324 g/mol. The summed E-state index contributed by atoms with van der Waals surface area (Å²) in [5, 5.41) is 9.37. The Hall–Kier alpha value is -0.100. The molecule has 0 aliphatic carbocycles. The van der Waals surface area contributed by atoms with Gasteiger partial charge >= 0.3 is 0 Å². The Morgan fingerprint density at radius 3 is 2.43 bits per heavy atom. The number of nitrogen functional groups attached to an aromatic ring is 1. The first-order valence-corrected chi connectivity index (χ1v) is 5.70. The molecule has 0 saturated heterocycles. The van der Waals surface area contributed by atoms with Crippen molar-refractivity contribution >= 4 is 37.5 Å². The van der Waals surface area contributed by atoms with Gasteiger partial charge in [-0.3, -0.25) is 0 Å². The number of benzene rings is 1. The van der Waals surface area contributed by atoms with E-state index in [1.165, 1.54) is 0 Å². The minimum Gasteiger partial charge on any atom is -0.398 e. The third-order valence-electron chi connectivity index (χ3n) is 2.01. The van der Waals surface area contributed by atoms with Gasteiger partial charge in [-0.2, -0.15) is 0 Å². The van der Waals surface area contributed by atoms with Crippen LogP contribution in [0.5, 0.6) is 0 Å². The van der Waals surface area contributed by atoms with Crippen molar-refractivity contribution in [1.82, 2.24) is 0 Å². The molecule has 2 atom stereocenters. The van der Waals surface area contributed by atoms with E-state index >= 15 is 0 Å². The summed E-state index contributed by atoms with van der Waals surface area (Å²) in [7, 11) is 0. The van der Waals surface area contributed by atoms with Gasteiger partial charge < -0.3 is 16.6 Å². The molecule has 0 heterocycles. The van der Waals surface area contributed by atoms with E-state index in [1.54, 1.807) is 6.92 Å². The van der Waals surface area contributed by atoms with E-state index in [0.717, 1.165) is 14.5 Å². The molecule has 1 aromatic carbocycles. The molecule has 1 rings (SSSR count). The summed E-state index contributed by atoms with van der Waals surface area (Å²) in [5.41, 5.74) is 12.9. The van der Waals surface area contributed by atoms with Gasteiger partial charge in [0, 0.05) is 8.95 Å². The molecule has 0 bridgehead atoms. The fourth-order valence-corrected chi connectivity index (χ4v) is 2.40. The zero-order chi connectivity index (χ0) is 10.9. The van der Waals surface area contributed by atoms with Crippen LogP contribution in [0.2, 0.25) is 0 Å². The molecule has 1 aromatic rings. The van der Waals surface area contributed by atoms with Gasteiger partial charge in [-0.25, -0.2) is 0 Å². The lowest BCUT2D eigenvalue weighted by atomic mass is 10.0. The SMILES string of the molecule is C[C@@H](O)[C@@H](N)c1cc(Br)cc(Br)c1N. The van der Waals surface area contributed by atoms with Crippen molar-refractivity contribution in [3.8, 4) is 0 Å². The van der Waals surface area contributed by atoms with Crippen molar-refractivity contribution in [3.63, 3.8) is 0 Å². The van der Waals surface area contributed by atoms with Crippen molar-refractivity contribution in [2.45, 2.75) is 19.1 Å². The van der Waals surface area contributed by atoms with Crippen LogP contribution in [0.15, 0.2) is 21.1 Å². The van der Waals surface area contributed by atoms with Crippen LogP contribution >= 0.6 is 31.9 Å². The first kappa shape index (κ1) is 12.0. The van der Waals surface area contributed by atoms with Crippen LogP contribution in [0.1, 0.15) is 18.5 Å². The number of rotatable bonds is 2. The molecule has 0 unspecified atom stereocenters. The highest BCUT2D eigenvalue weighted by molar-refractivity contribution is 9.11. The summed E-state index contributed by atoms with van der Waals surface area (Å²) < 4.78 is 1.66. The van der Waals surface area contributed by atoms with Gasteiger partial charge in [0.25, 0.3) is 0 Å². The molecule has 5 N–H and O–H groups in total. The lowest BCUT2D eigenvalue weighted by Crippen LogP contribution is -2.24. The maximum Gasteiger partial charge on any atom is 0.0705 e. The molecule has 78 valence electrons. The van der Waals surface area contributed by atoms with E-state index in [1.807, 2.05) is 12.1 Å². The Labute approximate surface area is 99.7 Å². The minimum absolute atomic E-state index is 0.469. The van der Waals surface area contributed by atoms with E-state index in [0.29, 0.717) is 5.69 Å². The molecule has 14 heavy (non-hydrogen) atoms. The van der Waals surface area contributed by atoms with Gasteiger partial charge in [0.15, 0.2) is 0 Å². The third kappa shape index (κ3) is 2.48. The van der Waals surface area contributed by atoms with Crippen LogP contribution in [0, 0.1) is 0 Å². The second-order valence-electron chi connectivity index (χ2n) is 3.16. The normalized spacial score (nSPS) is 15.2. The van der Waals surface area contributed by atoms with Crippen LogP contribution in [0.25, 0.3) is 0 Å². The molecule has 0 amide bonds. The molecule has 0 aromatic heterocycles. The highest BCUT2D eigenvalue weighted by Crippen LogP contribution is 2.32. The maximum absolute atomic E-state index is 9.37. The second-order valence-corrected chi connectivity index (χ2v) is 4.93. The fourth-order valence-electron chi connectivity index (χ4n) is 1.14. The first-order valence-electron chi connectivity index (χ1n) is 4.11. The summed E-state index contributed by atoms with van der Waals surface area (Å²) in [4.78, 5) is 0. The highest BCUT2D eigenvalue weighted by Gasteiger charge is 2.16. The fraction of sp³-hybridized carbons (Fsp3) is 0.333. The van der Waals surface area contributed by atoms with Gasteiger partial charge in [-0.1, -0.05) is 15.9 Å². The quantitative estimate of drug-likeness (QED) is 0.730. The first-order chi connectivity index (χ1) is 6.43. The van der Waals surface area contributed by atoms with Crippen molar-refractivity contribution in [2.75, 3.05) is 5.73 Å². The lowest BCUT2D eigenvalue weighted by molar-refractivity contribution is 0.164. The summed E-state index contributed by atoms with van der Waals surface area (Å²) in [6.07, 6.45) is -0.626. The Bertz CT molecular complexity index is 342. The molecule has 0 saturated carbocycles. The standard InChI is InChI=1S/C9H12Br2N2O/c1-4(14)8(12)6-2-5(10)3-7(11)9(6)13/h2-4,8,14H,12-13H2,1H3/t4-,8-/m1/s1. The predicted octanol–water partition coefficient (Wildman–Crippen LogP) is 2.17. The molecule has 3 nitrogen and oxygen atoms in total. The Kier molecular flexibility index (Phi) is 3.94. The van der Waals surface area contributed by atoms with E-state index in [9.17, 15) is 5.11 Å². The second kappa shape index (κ2) is 4.61. The van der Waals surface area contributed by atoms with Crippen LogP contribution in [-0.4, -0.2) is 11.2 Å². The summed E-state index contributed by atoms with van der Waals surface area (Å²) in [6.45, 7) is 1.64. The molecular formula is C9H12Br2N2O. The van der Waals surface area contributed by atoms with Crippen LogP contribution in [0.4, 0.5) is 5.69 Å². The Balaban J connectivity index is 3.20. The van der Waals surface area contributed by atoms with Gasteiger partial charge in [-0.05, 0) is 40.5 Å². The van der Waals surface area contributed by atoms with Crippen molar-refractivity contribution in [1.29, 1.82) is 0 Å². The molecule has 0 spiro atoms. The molecule has 0 radical (unpaired) electrons.